The van der Waals surface area contributed by atoms with E-state index in [4.69, 9.17) is 0 Å². The van der Waals surface area contributed by atoms with E-state index in [1.54, 1.807) is 19.3 Å². The molecule has 0 aliphatic rings. The van der Waals surface area contributed by atoms with Crippen LogP contribution >= 0.6 is 0 Å². The predicted octanol–water partition coefficient (Wildman–Crippen LogP) is 3.72. The molecule has 0 aliphatic heterocycles. The van der Waals surface area contributed by atoms with Crippen LogP contribution in [0.25, 0.3) is 0 Å². The lowest BCUT2D eigenvalue weighted by Crippen LogP contribution is -2.19. The molecule has 5 heteroatoms. The highest BCUT2D eigenvalue weighted by Gasteiger charge is 2.31. The second-order valence-electron chi connectivity index (χ2n) is 4.60. The van der Waals surface area contributed by atoms with Crippen LogP contribution in [0.5, 0.6) is 0 Å². The minimum Gasteiger partial charge on any atom is -0.308 e. The number of halogens is 3. The number of pyridine rings is 1. The monoisotopic (exact) mass is 280 g/mol. The smallest absolute Gasteiger partial charge is 0.308 e. The van der Waals surface area contributed by atoms with Crippen molar-refractivity contribution in [3.05, 3.63) is 65.0 Å². The van der Waals surface area contributed by atoms with Gasteiger partial charge in [0.25, 0.3) is 0 Å². The zero-order valence-electron chi connectivity index (χ0n) is 11.2. The number of rotatable bonds is 3. The van der Waals surface area contributed by atoms with Gasteiger partial charge in [0.15, 0.2) is 0 Å². The molecule has 1 aromatic carbocycles. The molecule has 1 unspecified atom stereocenters. The molecule has 106 valence electrons. The number of nitrogens with one attached hydrogen (secondary N) is 1. The maximum Gasteiger partial charge on any atom is 0.416 e. The molecule has 0 amide bonds. The fourth-order valence-corrected chi connectivity index (χ4v) is 2.10. The quantitative estimate of drug-likeness (QED) is 0.927. The van der Waals surface area contributed by atoms with Crippen molar-refractivity contribution < 1.29 is 13.2 Å². The van der Waals surface area contributed by atoms with E-state index in [1.165, 1.54) is 6.07 Å². The first-order valence-corrected chi connectivity index (χ1v) is 6.19. The Bertz CT molecular complexity index is 594. The number of benzene rings is 1. The van der Waals surface area contributed by atoms with Gasteiger partial charge in [0, 0.05) is 6.20 Å². The topological polar surface area (TPSA) is 24.9 Å². The van der Waals surface area contributed by atoms with Gasteiger partial charge in [-0.1, -0.05) is 12.1 Å². The van der Waals surface area contributed by atoms with E-state index in [-0.39, 0.29) is 6.04 Å². The van der Waals surface area contributed by atoms with Gasteiger partial charge in [-0.05, 0) is 49.4 Å². The molecular weight excluding hydrogens is 265 g/mol. The molecule has 2 rings (SSSR count). The van der Waals surface area contributed by atoms with Crippen molar-refractivity contribution in [2.45, 2.75) is 19.1 Å². The van der Waals surface area contributed by atoms with Gasteiger partial charge in [-0.15, -0.1) is 0 Å². The van der Waals surface area contributed by atoms with Crippen LogP contribution < -0.4 is 5.32 Å². The highest BCUT2D eigenvalue weighted by atomic mass is 19.4. The average molecular weight is 280 g/mol. The van der Waals surface area contributed by atoms with Gasteiger partial charge in [0.1, 0.15) is 0 Å². The van der Waals surface area contributed by atoms with E-state index in [2.05, 4.69) is 10.3 Å². The minimum atomic E-state index is -4.34. The summed E-state index contributed by atoms with van der Waals surface area (Å²) in [4.78, 5) is 4.24. The Hall–Kier alpha value is -1.88. The van der Waals surface area contributed by atoms with E-state index >= 15 is 0 Å². The Morgan fingerprint density at radius 3 is 2.50 bits per heavy atom. The molecule has 1 N–H and O–H groups in total. The van der Waals surface area contributed by atoms with Crippen molar-refractivity contribution in [2.24, 2.45) is 0 Å². The van der Waals surface area contributed by atoms with Crippen molar-refractivity contribution in [1.82, 2.24) is 10.3 Å². The maximum atomic E-state index is 12.8. The number of hydrogen-bond acceptors (Lipinski definition) is 2. The highest BCUT2D eigenvalue weighted by Crippen LogP contribution is 2.31. The first-order valence-electron chi connectivity index (χ1n) is 6.19. The summed E-state index contributed by atoms with van der Waals surface area (Å²) >= 11 is 0. The number of nitrogens with zero attached hydrogens (tertiary/aromatic N) is 1. The third kappa shape index (κ3) is 3.17. The summed E-state index contributed by atoms with van der Waals surface area (Å²) in [5.41, 5.74) is 1.61. The first-order chi connectivity index (χ1) is 9.41. The molecule has 0 saturated heterocycles. The summed E-state index contributed by atoms with van der Waals surface area (Å²) in [6.07, 6.45) is -2.68. The molecular formula is C15H15F3N2. The molecule has 0 aliphatic carbocycles. The second kappa shape index (κ2) is 5.63. The zero-order chi connectivity index (χ0) is 14.8. The molecule has 0 spiro atoms. The van der Waals surface area contributed by atoms with Crippen molar-refractivity contribution in [2.75, 3.05) is 7.05 Å². The van der Waals surface area contributed by atoms with Crippen LogP contribution in [0.1, 0.15) is 28.4 Å². The molecule has 0 saturated carbocycles. The fourth-order valence-electron chi connectivity index (χ4n) is 2.10. The normalized spacial score (nSPS) is 13.2. The first kappa shape index (κ1) is 14.5. The number of aromatic nitrogens is 1. The Labute approximate surface area is 115 Å². The van der Waals surface area contributed by atoms with Crippen LogP contribution in [0.3, 0.4) is 0 Å². The van der Waals surface area contributed by atoms with E-state index in [1.807, 2.05) is 19.1 Å². The summed E-state index contributed by atoms with van der Waals surface area (Å²) < 4.78 is 38.3. The zero-order valence-corrected chi connectivity index (χ0v) is 11.2. The molecule has 20 heavy (non-hydrogen) atoms. The van der Waals surface area contributed by atoms with Crippen LogP contribution in [-0.4, -0.2) is 12.0 Å². The van der Waals surface area contributed by atoms with Gasteiger partial charge >= 0.3 is 6.18 Å². The van der Waals surface area contributed by atoms with Gasteiger partial charge in [-0.2, -0.15) is 13.2 Å². The Morgan fingerprint density at radius 2 is 1.90 bits per heavy atom. The summed E-state index contributed by atoms with van der Waals surface area (Å²) in [6, 6.07) is 8.66. The van der Waals surface area contributed by atoms with Gasteiger partial charge in [0.2, 0.25) is 0 Å². The van der Waals surface area contributed by atoms with Gasteiger partial charge < -0.3 is 5.32 Å². The lowest BCUT2D eigenvalue weighted by atomic mass is 10.00. The molecule has 1 aromatic heterocycles. The lowest BCUT2D eigenvalue weighted by molar-refractivity contribution is -0.137. The highest BCUT2D eigenvalue weighted by molar-refractivity contribution is 5.33. The number of hydrogen-bond donors (Lipinski definition) is 1. The van der Waals surface area contributed by atoms with Crippen molar-refractivity contribution in [1.29, 1.82) is 0 Å². The van der Waals surface area contributed by atoms with Crippen LogP contribution in [-0.2, 0) is 6.18 Å². The largest absolute Gasteiger partial charge is 0.416 e. The Kier molecular flexibility index (Phi) is 4.09. The molecule has 2 nitrogen and oxygen atoms in total. The minimum absolute atomic E-state index is 0.364. The van der Waals surface area contributed by atoms with Crippen molar-refractivity contribution >= 4 is 0 Å². The van der Waals surface area contributed by atoms with Crippen molar-refractivity contribution in [3.63, 3.8) is 0 Å². The SMILES string of the molecule is CNC(c1cccc(C(F)(F)F)c1)c1cc(C)ccn1. The second-order valence-corrected chi connectivity index (χ2v) is 4.60. The summed E-state index contributed by atoms with van der Waals surface area (Å²) in [5, 5.41) is 3.01. The van der Waals surface area contributed by atoms with Crippen LogP contribution in [0.4, 0.5) is 13.2 Å². The van der Waals surface area contributed by atoms with Gasteiger partial charge in [-0.3, -0.25) is 4.98 Å². The number of alkyl halides is 3. The number of aryl methyl sites for hydroxylation is 1. The van der Waals surface area contributed by atoms with Gasteiger partial charge in [-0.25, -0.2) is 0 Å². The van der Waals surface area contributed by atoms with Gasteiger partial charge in [0.05, 0.1) is 17.3 Å². The van der Waals surface area contributed by atoms with E-state index in [0.717, 1.165) is 17.7 Å². The Morgan fingerprint density at radius 1 is 1.15 bits per heavy atom. The van der Waals surface area contributed by atoms with E-state index in [0.29, 0.717) is 11.3 Å². The summed E-state index contributed by atoms with van der Waals surface area (Å²) in [5.74, 6) is 0. The maximum absolute atomic E-state index is 12.8. The van der Waals surface area contributed by atoms with Crippen LogP contribution in [0.15, 0.2) is 42.6 Å². The third-order valence-corrected chi connectivity index (χ3v) is 3.07. The molecule has 0 bridgehead atoms. The molecule has 1 atom stereocenters. The lowest BCUT2D eigenvalue weighted by Gasteiger charge is -2.18. The van der Waals surface area contributed by atoms with Crippen LogP contribution in [0.2, 0.25) is 0 Å². The molecule has 1 heterocycles. The molecule has 2 aromatic rings. The standard InChI is InChI=1S/C15H15F3N2/c1-10-6-7-20-13(8-10)14(19-2)11-4-3-5-12(9-11)15(16,17)18/h3-9,14,19H,1-2H3. The van der Waals surface area contributed by atoms with Crippen LogP contribution in [0, 0.1) is 6.92 Å². The van der Waals surface area contributed by atoms with Crippen molar-refractivity contribution in [3.8, 4) is 0 Å². The molecule has 0 radical (unpaired) electrons. The predicted molar refractivity (Wildman–Crippen MR) is 71.3 cm³/mol. The molecule has 0 fully saturated rings. The third-order valence-electron chi connectivity index (χ3n) is 3.07. The fraction of sp³-hybridized carbons (Fsp3) is 0.267. The van der Waals surface area contributed by atoms with E-state index in [9.17, 15) is 13.2 Å². The summed E-state index contributed by atoms with van der Waals surface area (Å²) in [7, 11) is 1.70. The average Bonchev–Trinajstić information content (AvgIpc) is 2.39. The van der Waals surface area contributed by atoms with E-state index < -0.39 is 11.7 Å². The Balaban J connectivity index is 2.42. The summed E-state index contributed by atoms with van der Waals surface area (Å²) in [6.45, 7) is 1.92.